The van der Waals surface area contributed by atoms with Gasteiger partial charge in [-0.2, -0.15) is 0 Å². The monoisotopic (exact) mass is 867 g/mol. The number of benzene rings is 7. The molecule has 0 bridgehead atoms. The topological polar surface area (TPSA) is 30.7 Å². The van der Waals surface area contributed by atoms with Crippen LogP contribution >= 0.6 is 11.3 Å². The van der Waals surface area contributed by atoms with Crippen molar-refractivity contribution in [3.63, 3.8) is 0 Å². The second-order valence-corrected chi connectivity index (χ2v) is 20.8. The summed E-state index contributed by atoms with van der Waals surface area (Å²) in [5.74, 6) is 2.85. The molecule has 13 rings (SSSR count). The van der Waals surface area contributed by atoms with E-state index in [1.807, 2.05) is 17.4 Å². The molecule has 4 aliphatic carbocycles. The lowest BCUT2D eigenvalue weighted by molar-refractivity contribution is 0.390. The fourth-order valence-corrected chi connectivity index (χ4v) is 13.2. The molecule has 0 saturated carbocycles. The van der Waals surface area contributed by atoms with E-state index in [9.17, 15) is 0 Å². The van der Waals surface area contributed by atoms with E-state index in [1.165, 1.54) is 81.7 Å². The summed E-state index contributed by atoms with van der Waals surface area (Å²) >= 11 is 1.94. The molecule has 66 heavy (non-hydrogen) atoms. The highest BCUT2D eigenvalue weighted by atomic mass is 32.1. The van der Waals surface area contributed by atoms with Crippen molar-refractivity contribution in [3.05, 3.63) is 226 Å². The lowest BCUT2D eigenvalue weighted by atomic mass is 9.71. The van der Waals surface area contributed by atoms with Crippen LogP contribution in [0.15, 0.2) is 194 Å². The second kappa shape index (κ2) is 14.7. The summed E-state index contributed by atoms with van der Waals surface area (Å²) in [6.45, 7) is 9.64. The number of thiophene rings is 1. The predicted octanol–water partition coefficient (Wildman–Crippen LogP) is 15.8. The minimum Gasteiger partial charge on any atom is -0.275 e. The molecule has 0 saturated heterocycles. The minimum absolute atomic E-state index is 0.0829. The van der Waals surface area contributed by atoms with Crippen LogP contribution in [0.5, 0.6) is 0 Å². The highest BCUT2D eigenvalue weighted by molar-refractivity contribution is 7.20. The molecule has 3 nitrogen and oxygen atoms in total. The molecule has 3 unspecified atom stereocenters. The molecule has 318 valence electrons. The maximum atomic E-state index is 4.82. The van der Waals surface area contributed by atoms with Crippen molar-refractivity contribution in [2.45, 2.75) is 50.9 Å². The first kappa shape index (κ1) is 39.2. The summed E-state index contributed by atoms with van der Waals surface area (Å²) in [4.78, 5) is 1.37. The summed E-state index contributed by atoms with van der Waals surface area (Å²) < 4.78 is 3.52. The fourth-order valence-electron chi connectivity index (χ4n) is 11.9. The lowest BCUT2D eigenvalue weighted by Gasteiger charge is -2.32. The van der Waals surface area contributed by atoms with E-state index in [1.54, 1.807) is 0 Å². The van der Waals surface area contributed by atoms with Gasteiger partial charge in [0.1, 0.15) is 0 Å². The first-order valence-corrected chi connectivity index (χ1v) is 24.2. The van der Waals surface area contributed by atoms with Crippen LogP contribution in [0.2, 0.25) is 0 Å². The zero-order valence-electron chi connectivity index (χ0n) is 37.7. The van der Waals surface area contributed by atoms with Gasteiger partial charge >= 0.3 is 0 Å². The predicted molar refractivity (Wildman–Crippen MR) is 275 cm³/mol. The summed E-state index contributed by atoms with van der Waals surface area (Å²) in [5, 5.41) is 11.0. The Kier molecular flexibility index (Phi) is 8.73. The van der Waals surface area contributed by atoms with E-state index in [-0.39, 0.29) is 10.8 Å². The molecule has 0 fully saturated rings. The third kappa shape index (κ3) is 5.94. The number of para-hydroxylation sites is 1. The summed E-state index contributed by atoms with van der Waals surface area (Å²) in [7, 11) is 0. The average molecular weight is 868 g/mol. The van der Waals surface area contributed by atoms with Gasteiger partial charge in [0, 0.05) is 49.2 Å². The first-order chi connectivity index (χ1) is 32.2. The standard InChI is InChI=1S/C62H49N3S/c1-61(2)53-21-13-11-19-46(53)48-30-27-42(36-55(48)61)41-29-32-57-51(33-41)52-35-44(43-28-31-49-47-20-12-14-22-54(47)62(3,4)56(49)37-43)34-50(58(52)66-57)38-23-25-40(26-24-38)60-64-63-59(39-15-7-5-8-16-39)65(60)45-17-9-6-10-18-45/h5-32,34-37,41,48,55H,33H2,1-4H3. The molecule has 3 atom stereocenters. The van der Waals surface area contributed by atoms with E-state index in [4.69, 9.17) is 10.2 Å². The third-order valence-corrected chi connectivity index (χ3v) is 16.7. The quantitative estimate of drug-likeness (QED) is 0.167. The summed E-state index contributed by atoms with van der Waals surface area (Å²) in [6, 6.07) is 60.0. The van der Waals surface area contributed by atoms with Gasteiger partial charge in [0.15, 0.2) is 11.6 Å². The zero-order valence-corrected chi connectivity index (χ0v) is 38.5. The van der Waals surface area contributed by atoms with Crippen LogP contribution in [0.1, 0.15) is 66.3 Å². The maximum absolute atomic E-state index is 4.82. The molecule has 4 aliphatic rings. The van der Waals surface area contributed by atoms with Gasteiger partial charge in [0.2, 0.25) is 0 Å². The largest absolute Gasteiger partial charge is 0.275 e. The SMILES string of the molecule is CC1(C)c2ccccc2-c2ccc(-c3cc(-c4ccc(-c5nnc(-c6ccccc6)n5-c5ccccc5)cc4)c4sc5c(c4c3)CC(C3=CC4C(C=C3)c3ccccc3C4(C)C)C=C5)cc21. The van der Waals surface area contributed by atoms with Crippen LogP contribution in [-0.4, -0.2) is 14.8 Å². The molecule has 9 aromatic rings. The van der Waals surface area contributed by atoms with Gasteiger partial charge in [-0.25, -0.2) is 0 Å². The molecular formula is C62H49N3S. The van der Waals surface area contributed by atoms with Crippen molar-refractivity contribution in [2.75, 3.05) is 0 Å². The van der Waals surface area contributed by atoms with Crippen LogP contribution in [0.3, 0.4) is 0 Å². The Labute approximate surface area is 391 Å². The smallest absolute Gasteiger partial charge is 0.168 e. The first-order valence-electron chi connectivity index (χ1n) is 23.4. The van der Waals surface area contributed by atoms with E-state index < -0.39 is 0 Å². The number of rotatable bonds is 6. The Bertz CT molecular complexity index is 3510. The molecule has 0 aliphatic heterocycles. The van der Waals surface area contributed by atoms with Crippen LogP contribution in [0.25, 0.3) is 78.0 Å². The minimum atomic E-state index is -0.0829. The Balaban J connectivity index is 0.926. The van der Waals surface area contributed by atoms with Crippen LogP contribution in [0, 0.1) is 11.8 Å². The van der Waals surface area contributed by atoms with Gasteiger partial charge < -0.3 is 0 Å². The number of fused-ring (bicyclic) bond motifs is 9. The van der Waals surface area contributed by atoms with Crippen molar-refractivity contribution in [3.8, 4) is 61.8 Å². The fraction of sp³-hybridized carbons (Fsp3) is 0.161. The molecule has 2 heterocycles. The molecule has 0 radical (unpaired) electrons. The zero-order chi connectivity index (χ0) is 44.3. The normalized spacial score (nSPS) is 19.2. The van der Waals surface area contributed by atoms with Crippen molar-refractivity contribution in [2.24, 2.45) is 11.8 Å². The van der Waals surface area contributed by atoms with E-state index >= 15 is 0 Å². The maximum Gasteiger partial charge on any atom is 0.168 e. The highest BCUT2D eigenvalue weighted by Gasteiger charge is 2.45. The van der Waals surface area contributed by atoms with E-state index in [2.05, 4.69) is 220 Å². The lowest BCUT2D eigenvalue weighted by Crippen LogP contribution is -2.26. The highest BCUT2D eigenvalue weighted by Crippen LogP contribution is 2.55. The molecule has 2 aromatic heterocycles. The van der Waals surface area contributed by atoms with Crippen LogP contribution < -0.4 is 0 Å². The number of nitrogens with zero attached hydrogens (tertiary/aromatic N) is 3. The Hall–Kier alpha value is -7.14. The Morgan fingerprint density at radius 3 is 1.98 bits per heavy atom. The molecular weight excluding hydrogens is 819 g/mol. The summed E-state index contributed by atoms with van der Waals surface area (Å²) in [6.07, 6.45) is 13.5. The van der Waals surface area contributed by atoms with Crippen molar-refractivity contribution in [1.82, 2.24) is 14.8 Å². The Morgan fingerprint density at radius 2 is 1.20 bits per heavy atom. The van der Waals surface area contributed by atoms with Crippen LogP contribution in [0.4, 0.5) is 0 Å². The van der Waals surface area contributed by atoms with Crippen molar-refractivity contribution >= 4 is 27.5 Å². The van der Waals surface area contributed by atoms with Crippen molar-refractivity contribution < 1.29 is 0 Å². The van der Waals surface area contributed by atoms with E-state index in [0.717, 1.165) is 34.9 Å². The number of aromatic nitrogens is 3. The van der Waals surface area contributed by atoms with Gasteiger partial charge in [-0.1, -0.05) is 185 Å². The molecule has 4 heteroatoms. The van der Waals surface area contributed by atoms with Gasteiger partial charge in [0.05, 0.1) is 0 Å². The number of hydrogen-bond acceptors (Lipinski definition) is 3. The number of hydrogen-bond donors (Lipinski definition) is 0. The summed E-state index contributed by atoms with van der Waals surface area (Å²) in [5.41, 5.74) is 19.4. The van der Waals surface area contributed by atoms with Crippen LogP contribution in [-0.2, 0) is 17.3 Å². The third-order valence-electron chi connectivity index (χ3n) is 15.4. The van der Waals surface area contributed by atoms with Crippen molar-refractivity contribution in [1.29, 1.82) is 0 Å². The molecule has 7 aromatic carbocycles. The Morgan fingerprint density at radius 1 is 0.545 bits per heavy atom. The van der Waals surface area contributed by atoms with Gasteiger partial charge in [-0.05, 0) is 121 Å². The van der Waals surface area contributed by atoms with Gasteiger partial charge in [-0.3, -0.25) is 4.57 Å². The molecule has 0 amide bonds. The second-order valence-electron chi connectivity index (χ2n) is 19.8. The van der Waals surface area contributed by atoms with E-state index in [0.29, 0.717) is 17.8 Å². The average Bonchev–Trinajstić information content (AvgIpc) is 4.09. The molecule has 0 N–H and O–H groups in total. The van der Waals surface area contributed by atoms with Gasteiger partial charge in [0.25, 0.3) is 0 Å². The number of allylic oxidation sites excluding steroid dienone is 5. The molecule has 0 spiro atoms. The van der Waals surface area contributed by atoms with Gasteiger partial charge in [-0.15, -0.1) is 21.5 Å².